The Hall–Kier alpha value is -3.36. The van der Waals surface area contributed by atoms with E-state index < -0.39 is 32.2 Å². The average Bonchev–Trinajstić information content (AvgIpc) is 3.04. The fourth-order valence-electron chi connectivity index (χ4n) is 4.82. The predicted octanol–water partition coefficient (Wildman–Crippen LogP) is 3.62. The summed E-state index contributed by atoms with van der Waals surface area (Å²) in [7, 11) is -4.92. The largest absolute Gasteiger partial charge is 0.497 e. The molecule has 1 heterocycles. The molecule has 0 bridgehead atoms. The maximum Gasteiger partial charge on any atom is 0.261 e. The van der Waals surface area contributed by atoms with Crippen LogP contribution < -0.4 is 14.2 Å². The van der Waals surface area contributed by atoms with Crippen molar-refractivity contribution in [3.05, 3.63) is 77.3 Å². The van der Waals surface area contributed by atoms with Crippen molar-refractivity contribution in [2.24, 2.45) is 5.92 Å². The van der Waals surface area contributed by atoms with Crippen molar-refractivity contribution in [3.63, 3.8) is 0 Å². The quantitative estimate of drug-likeness (QED) is 0.335. The Bertz CT molecular complexity index is 1680. The zero-order valence-electron chi connectivity index (χ0n) is 24.8. The lowest BCUT2D eigenvalue weighted by atomic mass is 10.0. The van der Waals surface area contributed by atoms with Crippen molar-refractivity contribution >= 4 is 43.2 Å². The first kappa shape index (κ1) is 33.5. The number of hydrogen-bond acceptors (Lipinski definition) is 8. The minimum atomic E-state index is -3.96. The molecule has 1 aliphatic heterocycles. The highest BCUT2D eigenvalue weighted by atomic mass is 35.5. The number of likely N-dealkylation sites (N-methyl/N-ethyl adjacent to an activating group) is 1. The molecule has 0 radical (unpaired) electrons. The van der Waals surface area contributed by atoms with Gasteiger partial charge in [-0.2, -0.15) is 4.31 Å². The van der Waals surface area contributed by atoms with Gasteiger partial charge in [-0.1, -0.05) is 18.5 Å². The maximum absolute atomic E-state index is 13.5. The molecule has 0 fully saturated rings. The van der Waals surface area contributed by atoms with Crippen molar-refractivity contribution in [3.8, 4) is 11.5 Å². The number of amides is 1. The van der Waals surface area contributed by atoms with Crippen molar-refractivity contribution in [1.82, 2.24) is 9.21 Å². The summed E-state index contributed by atoms with van der Waals surface area (Å²) in [6, 6.07) is 15.8. The van der Waals surface area contributed by atoms with Crippen LogP contribution in [0.3, 0.4) is 0 Å². The molecule has 11 nitrogen and oxygen atoms in total. The van der Waals surface area contributed by atoms with Gasteiger partial charge >= 0.3 is 0 Å². The third kappa shape index (κ3) is 7.64. The third-order valence-corrected chi connectivity index (χ3v) is 11.0. The van der Waals surface area contributed by atoms with Crippen molar-refractivity contribution in [1.29, 1.82) is 0 Å². The van der Waals surface area contributed by atoms with E-state index >= 15 is 0 Å². The molecule has 1 aliphatic rings. The number of halogens is 1. The summed E-state index contributed by atoms with van der Waals surface area (Å²) in [5.41, 5.74) is 0.612. The number of aliphatic hydroxyl groups excluding tert-OH is 1. The van der Waals surface area contributed by atoms with E-state index in [2.05, 4.69) is 4.72 Å². The van der Waals surface area contributed by atoms with Gasteiger partial charge in [-0.05, 0) is 73.7 Å². The van der Waals surface area contributed by atoms with Gasteiger partial charge in [0.1, 0.15) is 17.6 Å². The number of aliphatic hydroxyl groups is 1. The van der Waals surface area contributed by atoms with Crippen LogP contribution in [0.1, 0.15) is 19.4 Å². The lowest BCUT2D eigenvalue weighted by Gasteiger charge is -2.33. The van der Waals surface area contributed by atoms with Crippen molar-refractivity contribution in [2.75, 3.05) is 38.6 Å². The summed E-state index contributed by atoms with van der Waals surface area (Å²) in [5.74, 6) is 0.198. The fraction of sp³-hybridized carbons (Fsp3) is 0.367. The molecule has 0 saturated heterocycles. The van der Waals surface area contributed by atoms with E-state index in [0.717, 1.165) is 0 Å². The van der Waals surface area contributed by atoms with Gasteiger partial charge < -0.3 is 19.5 Å². The molecule has 238 valence electrons. The molecule has 0 spiro atoms. The lowest BCUT2D eigenvalue weighted by molar-refractivity contribution is -0.134. The standard InChI is InChI=1S/C30H36ClN3O8S2/c1-20-17-34(21(2)19-35)30(36)16-22-15-24(32-43(37,38)26-10-5-23(31)6-11-26)7-14-28(22)42-29(20)18-33(3)44(39,40)27-12-8-25(41-4)9-13-27/h5-15,20-21,29,32,35H,16-19H2,1-4H3/t20-,21+,29-/m1/s1. The number of ether oxygens (including phenoxy) is 2. The van der Waals surface area contributed by atoms with Gasteiger partial charge in [0.25, 0.3) is 10.0 Å². The Balaban J connectivity index is 1.67. The number of hydrogen-bond donors (Lipinski definition) is 2. The van der Waals surface area contributed by atoms with Crippen LogP contribution in [0.4, 0.5) is 5.69 Å². The topological polar surface area (TPSA) is 143 Å². The molecule has 0 aliphatic carbocycles. The van der Waals surface area contributed by atoms with Crippen LogP contribution in [0, 0.1) is 5.92 Å². The second kappa shape index (κ2) is 13.7. The molecule has 3 aromatic carbocycles. The normalized spacial score (nSPS) is 18.4. The maximum atomic E-state index is 13.5. The Kier molecular flexibility index (Phi) is 10.5. The van der Waals surface area contributed by atoms with E-state index in [9.17, 15) is 26.7 Å². The second-order valence-electron chi connectivity index (χ2n) is 10.7. The van der Waals surface area contributed by atoms with E-state index in [0.29, 0.717) is 22.1 Å². The molecule has 3 atom stereocenters. The summed E-state index contributed by atoms with van der Waals surface area (Å²) < 4.78 is 68.1. The molecule has 3 aromatic rings. The zero-order valence-corrected chi connectivity index (χ0v) is 27.2. The van der Waals surface area contributed by atoms with E-state index in [1.54, 1.807) is 30.0 Å². The Morgan fingerprint density at radius 1 is 1.07 bits per heavy atom. The van der Waals surface area contributed by atoms with Gasteiger partial charge in [-0.3, -0.25) is 9.52 Å². The molecular weight excluding hydrogens is 630 g/mol. The van der Waals surface area contributed by atoms with E-state index in [4.69, 9.17) is 21.1 Å². The molecule has 44 heavy (non-hydrogen) atoms. The van der Waals surface area contributed by atoms with Gasteiger partial charge in [-0.25, -0.2) is 16.8 Å². The first-order valence-corrected chi connectivity index (χ1v) is 17.1. The number of carbonyl (C=O) groups excluding carboxylic acids is 1. The molecule has 1 amide bonds. The predicted molar refractivity (Wildman–Crippen MR) is 167 cm³/mol. The summed E-state index contributed by atoms with van der Waals surface area (Å²) in [6.45, 7) is 3.45. The molecule has 0 saturated carbocycles. The van der Waals surface area contributed by atoms with E-state index in [1.165, 1.54) is 67.0 Å². The fourth-order valence-corrected chi connectivity index (χ4v) is 7.18. The second-order valence-corrected chi connectivity index (χ2v) is 14.9. The number of anilines is 1. The first-order valence-electron chi connectivity index (χ1n) is 13.8. The number of nitrogens with one attached hydrogen (secondary N) is 1. The van der Waals surface area contributed by atoms with Gasteiger partial charge in [-0.15, -0.1) is 0 Å². The van der Waals surface area contributed by atoms with Crippen LogP contribution in [-0.2, 0) is 31.3 Å². The molecule has 2 N–H and O–H groups in total. The Morgan fingerprint density at radius 3 is 2.32 bits per heavy atom. The number of fused-ring (bicyclic) bond motifs is 1. The number of carbonyl (C=O) groups is 1. The highest BCUT2D eigenvalue weighted by Gasteiger charge is 2.33. The van der Waals surface area contributed by atoms with Crippen LogP contribution in [0.25, 0.3) is 0 Å². The number of methoxy groups -OCH3 is 1. The molecule has 14 heteroatoms. The van der Waals surface area contributed by atoms with Gasteiger partial charge in [0.05, 0.1) is 42.5 Å². The monoisotopic (exact) mass is 665 g/mol. The Morgan fingerprint density at radius 2 is 1.70 bits per heavy atom. The Labute approximate surface area is 263 Å². The summed E-state index contributed by atoms with van der Waals surface area (Å²) in [6.07, 6.45) is -0.835. The van der Waals surface area contributed by atoms with Crippen molar-refractivity contribution in [2.45, 2.75) is 42.2 Å². The number of nitrogens with zero attached hydrogens (tertiary/aromatic N) is 2. The van der Waals surface area contributed by atoms with E-state index in [-0.39, 0.29) is 53.4 Å². The molecule has 4 rings (SSSR count). The summed E-state index contributed by atoms with van der Waals surface area (Å²) in [4.78, 5) is 15.1. The minimum Gasteiger partial charge on any atom is -0.497 e. The lowest BCUT2D eigenvalue weighted by Crippen LogP contribution is -2.48. The first-order chi connectivity index (χ1) is 20.7. The molecule has 0 unspecified atom stereocenters. The highest BCUT2D eigenvalue weighted by Crippen LogP contribution is 2.31. The van der Waals surface area contributed by atoms with Crippen LogP contribution in [-0.4, -0.2) is 83.1 Å². The van der Waals surface area contributed by atoms with Crippen LogP contribution in [0.15, 0.2) is 76.5 Å². The SMILES string of the molecule is COc1ccc(S(=O)(=O)N(C)C[C@H]2Oc3ccc(NS(=O)(=O)c4ccc(Cl)cc4)cc3CC(=O)N([C@@H](C)CO)C[C@H]2C)cc1. The summed E-state index contributed by atoms with van der Waals surface area (Å²) >= 11 is 5.90. The summed E-state index contributed by atoms with van der Waals surface area (Å²) in [5, 5.41) is 10.3. The van der Waals surface area contributed by atoms with Gasteiger partial charge in [0, 0.05) is 35.8 Å². The molecule has 0 aromatic heterocycles. The molecular formula is C30H36ClN3O8S2. The van der Waals surface area contributed by atoms with Gasteiger partial charge in [0.2, 0.25) is 15.9 Å². The van der Waals surface area contributed by atoms with Crippen LogP contribution in [0.5, 0.6) is 11.5 Å². The van der Waals surface area contributed by atoms with E-state index in [1.807, 2.05) is 6.92 Å². The average molecular weight is 666 g/mol. The van der Waals surface area contributed by atoms with Crippen molar-refractivity contribution < 1.29 is 36.2 Å². The smallest absolute Gasteiger partial charge is 0.261 e. The third-order valence-electron chi connectivity index (χ3n) is 7.50. The highest BCUT2D eigenvalue weighted by molar-refractivity contribution is 7.92. The van der Waals surface area contributed by atoms with Crippen LogP contribution >= 0.6 is 11.6 Å². The van der Waals surface area contributed by atoms with Gasteiger partial charge in [0.15, 0.2) is 0 Å². The minimum absolute atomic E-state index is 0.00992. The zero-order chi connectivity index (χ0) is 32.2. The number of benzene rings is 3. The number of sulfonamides is 2. The number of rotatable bonds is 10. The van der Waals surface area contributed by atoms with Crippen LogP contribution in [0.2, 0.25) is 5.02 Å².